The number of ether oxygens (including phenoxy) is 2. The number of aromatic nitrogens is 1. The highest BCUT2D eigenvalue weighted by Gasteiger charge is 2.11. The fraction of sp³-hybridized carbons (Fsp3) is 0.143. The van der Waals surface area contributed by atoms with E-state index in [2.05, 4.69) is 15.6 Å². The molecule has 0 saturated heterocycles. The molecule has 144 valence electrons. The topological polar surface area (TPSA) is 72.5 Å². The van der Waals surface area contributed by atoms with Crippen molar-refractivity contribution in [2.24, 2.45) is 0 Å². The van der Waals surface area contributed by atoms with Crippen LogP contribution in [0.3, 0.4) is 0 Å². The van der Waals surface area contributed by atoms with Crippen molar-refractivity contribution >= 4 is 34.6 Å². The Morgan fingerprint density at radius 1 is 1.07 bits per heavy atom. The number of hydrogen-bond donors (Lipinski definition) is 2. The number of pyridine rings is 1. The van der Waals surface area contributed by atoms with E-state index in [1.807, 2.05) is 31.2 Å². The number of nitrogens with zero attached hydrogens (tertiary/aromatic N) is 1. The number of methoxy groups -OCH3 is 1. The molecule has 0 aliphatic heterocycles. The van der Waals surface area contributed by atoms with Gasteiger partial charge in [-0.15, -0.1) is 0 Å². The second kappa shape index (κ2) is 9.10. The molecule has 0 spiro atoms. The Hall–Kier alpha value is -3.25. The van der Waals surface area contributed by atoms with Crippen LogP contribution < -0.4 is 20.1 Å². The zero-order chi connectivity index (χ0) is 19.9. The van der Waals surface area contributed by atoms with E-state index in [0.29, 0.717) is 23.1 Å². The van der Waals surface area contributed by atoms with Crippen LogP contribution in [0.2, 0.25) is 5.02 Å². The Balaban J connectivity index is 1.66. The zero-order valence-corrected chi connectivity index (χ0v) is 16.3. The van der Waals surface area contributed by atoms with Crippen LogP contribution in [0.4, 0.5) is 17.1 Å². The van der Waals surface area contributed by atoms with Crippen LogP contribution in [-0.4, -0.2) is 24.6 Å². The van der Waals surface area contributed by atoms with Crippen LogP contribution >= 0.6 is 11.6 Å². The van der Waals surface area contributed by atoms with E-state index in [-0.39, 0.29) is 11.6 Å². The van der Waals surface area contributed by atoms with Crippen LogP contribution in [0, 0.1) is 0 Å². The van der Waals surface area contributed by atoms with Crippen molar-refractivity contribution in [3.63, 3.8) is 0 Å². The van der Waals surface area contributed by atoms with Gasteiger partial charge in [0.25, 0.3) is 5.91 Å². The third-order valence-corrected chi connectivity index (χ3v) is 4.09. The maximum atomic E-state index is 12.5. The second-order valence-electron chi connectivity index (χ2n) is 5.81. The summed E-state index contributed by atoms with van der Waals surface area (Å²) in [7, 11) is 1.53. The Labute approximate surface area is 168 Å². The predicted octanol–water partition coefficient (Wildman–Crippen LogP) is 5.14. The van der Waals surface area contributed by atoms with Gasteiger partial charge in [0, 0.05) is 10.7 Å². The molecule has 0 unspecified atom stereocenters. The first kappa shape index (κ1) is 19.5. The highest BCUT2D eigenvalue weighted by molar-refractivity contribution is 6.31. The molecular formula is C21H20ClN3O3. The molecule has 0 bridgehead atoms. The average molecular weight is 398 g/mol. The normalized spacial score (nSPS) is 10.2. The van der Waals surface area contributed by atoms with E-state index in [0.717, 1.165) is 17.1 Å². The Morgan fingerprint density at radius 2 is 1.82 bits per heavy atom. The summed E-state index contributed by atoms with van der Waals surface area (Å²) in [5.74, 6) is 0.981. The molecule has 2 aromatic carbocycles. The molecule has 3 rings (SSSR count). The van der Waals surface area contributed by atoms with Crippen molar-refractivity contribution in [1.82, 2.24) is 4.98 Å². The van der Waals surface area contributed by atoms with Crippen LogP contribution in [0.5, 0.6) is 11.5 Å². The molecule has 0 fully saturated rings. The number of hydrogen-bond acceptors (Lipinski definition) is 5. The predicted molar refractivity (Wildman–Crippen MR) is 111 cm³/mol. The first-order chi connectivity index (χ1) is 13.6. The smallest absolute Gasteiger partial charge is 0.274 e. The van der Waals surface area contributed by atoms with E-state index >= 15 is 0 Å². The maximum absolute atomic E-state index is 12.5. The Kier molecular flexibility index (Phi) is 6.34. The van der Waals surface area contributed by atoms with Gasteiger partial charge in [-0.25, -0.2) is 4.98 Å². The first-order valence-electron chi connectivity index (χ1n) is 8.70. The molecule has 0 aliphatic rings. The molecule has 1 amide bonds. The van der Waals surface area contributed by atoms with Gasteiger partial charge in [-0.05, 0) is 61.5 Å². The van der Waals surface area contributed by atoms with Crippen molar-refractivity contribution in [3.05, 3.63) is 71.5 Å². The standard InChI is InChI=1S/C21H20ClN3O3/c1-3-28-17-8-5-15(6-9-17)24-16-7-10-18(23-13-16)21(26)25-19-12-14(22)4-11-20(19)27-2/h4-13,24H,3H2,1-2H3,(H,25,26). The fourth-order valence-electron chi connectivity index (χ4n) is 2.53. The van der Waals surface area contributed by atoms with Gasteiger partial charge in [0.1, 0.15) is 17.2 Å². The number of amides is 1. The van der Waals surface area contributed by atoms with Crippen molar-refractivity contribution in [2.45, 2.75) is 6.92 Å². The molecule has 28 heavy (non-hydrogen) atoms. The largest absolute Gasteiger partial charge is 0.495 e. The highest BCUT2D eigenvalue weighted by atomic mass is 35.5. The number of benzene rings is 2. The minimum atomic E-state index is -0.354. The Bertz CT molecular complexity index is 944. The molecule has 6 nitrogen and oxygen atoms in total. The van der Waals surface area contributed by atoms with Crippen LogP contribution in [-0.2, 0) is 0 Å². The number of carbonyl (C=O) groups excluding carboxylic acids is 1. The minimum Gasteiger partial charge on any atom is -0.495 e. The van der Waals surface area contributed by atoms with Gasteiger partial charge in [0.15, 0.2) is 0 Å². The molecular weight excluding hydrogens is 378 g/mol. The van der Waals surface area contributed by atoms with Gasteiger partial charge in [-0.3, -0.25) is 4.79 Å². The van der Waals surface area contributed by atoms with E-state index in [1.54, 1.807) is 36.5 Å². The fourth-order valence-corrected chi connectivity index (χ4v) is 2.71. The molecule has 0 radical (unpaired) electrons. The number of halogens is 1. The monoisotopic (exact) mass is 397 g/mol. The van der Waals surface area contributed by atoms with Gasteiger partial charge in [0.05, 0.1) is 31.3 Å². The molecule has 2 N–H and O–H groups in total. The van der Waals surface area contributed by atoms with Gasteiger partial charge in [-0.2, -0.15) is 0 Å². The van der Waals surface area contributed by atoms with Crippen LogP contribution in [0.25, 0.3) is 0 Å². The van der Waals surface area contributed by atoms with Gasteiger partial charge in [-0.1, -0.05) is 11.6 Å². The molecule has 7 heteroatoms. The summed E-state index contributed by atoms with van der Waals surface area (Å²) in [4.78, 5) is 16.7. The number of carbonyl (C=O) groups is 1. The maximum Gasteiger partial charge on any atom is 0.274 e. The molecule has 0 aliphatic carbocycles. The highest BCUT2D eigenvalue weighted by Crippen LogP contribution is 2.28. The summed E-state index contributed by atoms with van der Waals surface area (Å²) in [6, 6.07) is 16.0. The summed E-state index contributed by atoms with van der Waals surface area (Å²) < 4.78 is 10.7. The lowest BCUT2D eigenvalue weighted by Gasteiger charge is -2.11. The summed E-state index contributed by atoms with van der Waals surface area (Å²) in [5.41, 5.74) is 2.42. The van der Waals surface area contributed by atoms with Crippen LogP contribution in [0.15, 0.2) is 60.8 Å². The number of rotatable bonds is 7. The Morgan fingerprint density at radius 3 is 2.46 bits per heavy atom. The lowest BCUT2D eigenvalue weighted by molar-refractivity contribution is 0.102. The van der Waals surface area contributed by atoms with Crippen molar-refractivity contribution in [2.75, 3.05) is 24.4 Å². The van der Waals surface area contributed by atoms with Gasteiger partial charge in [0.2, 0.25) is 0 Å². The molecule has 3 aromatic rings. The lowest BCUT2D eigenvalue weighted by Crippen LogP contribution is -2.14. The summed E-state index contributed by atoms with van der Waals surface area (Å²) in [6.07, 6.45) is 1.60. The van der Waals surface area contributed by atoms with Crippen molar-refractivity contribution in [1.29, 1.82) is 0 Å². The molecule has 1 aromatic heterocycles. The van der Waals surface area contributed by atoms with Crippen LogP contribution in [0.1, 0.15) is 17.4 Å². The van der Waals surface area contributed by atoms with Gasteiger partial charge >= 0.3 is 0 Å². The third kappa shape index (κ3) is 4.92. The van der Waals surface area contributed by atoms with Crippen molar-refractivity contribution in [3.8, 4) is 11.5 Å². The summed E-state index contributed by atoms with van der Waals surface area (Å²) in [6.45, 7) is 2.57. The number of anilines is 3. The second-order valence-corrected chi connectivity index (χ2v) is 6.25. The third-order valence-electron chi connectivity index (χ3n) is 3.86. The zero-order valence-electron chi connectivity index (χ0n) is 15.5. The molecule has 1 heterocycles. The molecule has 0 atom stereocenters. The van der Waals surface area contributed by atoms with E-state index in [4.69, 9.17) is 21.1 Å². The first-order valence-corrected chi connectivity index (χ1v) is 9.07. The lowest BCUT2D eigenvalue weighted by atomic mass is 10.2. The average Bonchev–Trinajstić information content (AvgIpc) is 2.70. The number of nitrogens with one attached hydrogen (secondary N) is 2. The minimum absolute atomic E-state index is 0.277. The van der Waals surface area contributed by atoms with E-state index in [9.17, 15) is 4.79 Å². The van der Waals surface area contributed by atoms with E-state index in [1.165, 1.54) is 7.11 Å². The quantitative estimate of drug-likeness (QED) is 0.577. The summed E-state index contributed by atoms with van der Waals surface area (Å²) >= 11 is 5.99. The van der Waals surface area contributed by atoms with Crippen molar-refractivity contribution < 1.29 is 14.3 Å². The molecule has 0 saturated carbocycles. The van der Waals surface area contributed by atoms with E-state index < -0.39 is 0 Å². The SMILES string of the molecule is CCOc1ccc(Nc2ccc(C(=O)Nc3cc(Cl)ccc3OC)nc2)cc1. The summed E-state index contributed by atoms with van der Waals surface area (Å²) in [5, 5.41) is 6.49. The van der Waals surface area contributed by atoms with Gasteiger partial charge < -0.3 is 20.1 Å².